The number of H-pyrrole nitrogens is 1. The molecule has 132 valence electrons. The van der Waals surface area contributed by atoms with E-state index >= 15 is 0 Å². The number of rotatable bonds is 6. The first kappa shape index (κ1) is 16.9. The zero-order chi connectivity index (χ0) is 18.0. The van der Waals surface area contributed by atoms with Gasteiger partial charge in [-0.05, 0) is 26.8 Å². The van der Waals surface area contributed by atoms with E-state index in [0.29, 0.717) is 23.5 Å². The summed E-state index contributed by atoms with van der Waals surface area (Å²) in [7, 11) is 1.81. The van der Waals surface area contributed by atoms with Gasteiger partial charge in [0.15, 0.2) is 11.5 Å². The molecular weight excluding hydrogens is 320 g/mol. The van der Waals surface area contributed by atoms with Crippen LogP contribution in [0.4, 0.5) is 5.82 Å². The summed E-state index contributed by atoms with van der Waals surface area (Å²) in [5, 5.41) is 7.42. The van der Waals surface area contributed by atoms with E-state index in [1.807, 2.05) is 38.6 Å². The number of nitrogens with one attached hydrogen (secondary N) is 2. The number of aryl methyl sites for hydroxylation is 2. The van der Waals surface area contributed by atoms with Crippen LogP contribution in [0.25, 0.3) is 11.2 Å². The molecule has 0 aliphatic rings. The monoisotopic (exact) mass is 342 g/mol. The summed E-state index contributed by atoms with van der Waals surface area (Å²) >= 11 is 0. The van der Waals surface area contributed by atoms with Crippen LogP contribution in [0.1, 0.15) is 18.3 Å². The highest BCUT2D eigenvalue weighted by molar-refractivity contribution is 5.87. The highest BCUT2D eigenvalue weighted by atomic mass is 16.2. The van der Waals surface area contributed by atoms with E-state index in [1.54, 1.807) is 11.2 Å². The van der Waals surface area contributed by atoms with E-state index < -0.39 is 0 Å². The molecule has 1 unspecified atom stereocenters. The third kappa shape index (κ3) is 3.76. The van der Waals surface area contributed by atoms with Crippen LogP contribution in [-0.4, -0.2) is 55.3 Å². The molecule has 0 saturated heterocycles. The maximum absolute atomic E-state index is 12.3. The van der Waals surface area contributed by atoms with E-state index in [1.165, 1.54) is 6.33 Å². The van der Waals surface area contributed by atoms with Gasteiger partial charge >= 0.3 is 0 Å². The second kappa shape index (κ2) is 6.88. The number of likely N-dealkylation sites (N-methyl/N-ethyl adjacent to an activating group) is 1. The summed E-state index contributed by atoms with van der Waals surface area (Å²) in [6.45, 7) is 6.75. The van der Waals surface area contributed by atoms with Crippen LogP contribution in [0.5, 0.6) is 0 Å². The average molecular weight is 342 g/mol. The number of aromatic amines is 1. The summed E-state index contributed by atoms with van der Waals surface area (Å²) in [6, 6.07) is 1.99. The highest BCUT2D eigenvalue weighted by Gasteiger charge is 2.15. The summed E-state index contributed by atoms with van der Waals surface area (Å²) in [5.74, 6) is 0.562. The van der Waals surface area contributed by atoms with E-state index in [4.69, 9.17) is 0 Å². The van der Waals surface area contributed by atoms with Crippen molar-refractivity contribution < 1.29 is 4.79 Å². The molecule has 0 bridgehead atoms. The molecule has 2 N–H and O–H groups in total. The third-order valence-corrected chi connectivity index (χ3v) is 3.90. The molecule has 0 aromatic carbocycles. The summed E-state index contributed by atoms with van der Waals surface area (Å²) in [6.07, 6.45) is 3.01. The average Bonchev–Trinajstić information content (AvgIpc) is 3.12. The lowest BCUT2D eigenvalue weighted by Gasteiger charge is -2.20. The predicted octanol–water partition coefficient (Wildman–Crippen LogP) is 0.807. The van der Waals surface area contributed by atoms with Crippen molar-refractivity contribution in [2.24, 2.45) is 0 Å². The lowest BCUT2D eigenvalue weighted by atomic mass is 10.3. The second-order valence-corrected chi connectivity index (χ2v) is 6.23. The molecule has 0 aliphatic carbocycles. The molecule has 3 aromatic heterocycles. The fraction of sp³-hybridized carbons (Fsp3) is 0.438. The maximum atomic E-state index is 12.3. The molecule has 0 aliphatic heterocycles. The number of carbonyl (C=O) groups excluding carboxylic acids is 1. The number of hydrogen-bond donors (Lipinski definition) is 2. The summed E-state index contributed by atoms with van der Waals surface area (Å²) in [4.78, 5) is 29.5. The van der Waals surface area contributed by atoms with Gasteiger partial charge in [-0.1, -0.05) is 0 Å². The first-order valence-electron chi connectivity index (χ1n) is 8.09. The molecule has 3 aromatic rings. The molecule has 3 heterocycles. The Morgan fingerprint density at radius 3 is 2.88 bits per heavy atom. The molecule has 9 nitrogen and oxygen atoms in total. The Bertz CT molecular complexity index is 883. The number of amides is 1. The molecule has 0 saturated carbocycles. The number of fused-ring (bicyclic) bond motifs is 1. The molecule has 25 heavy (non-hydrogen) atoms. The van der Waals surface area contributed by atoms with E-state index in [9.17, 15) is 4.79 Å². The number of imidazole rings is 1. The first-order valence-corrected chi connectivity index (χ1v) is 8.09. The molecule has 1 amide bonds. The lowest BCUT2D eigenvalue weighted by molar-refractivity contribution is -0.120. The molecule has 0 spiro atoms. The SMILES string of the molecule is Cc1cc(C)n(CC(C)NC(=O)CN(C)c2ncnc3nc[nH]c23)n1. The molecular formula is C16H22N8O. The smallest absolute Gasteiger partial charge is 0.239 e. The van der Waals surface area contributed by atoms with Crippen LogP contribution in [0.2, 0.25) is 0 Å². The van der Waals surface area contributed by atoms with Crippen molar-refractivity contribution in [2.45, 2.75) is 33.4 Å². The van der Waals surface area contributed by atoms with Gasteiger partial charge in [-0.15, -0.1) is 0 Å². The lowest BCUT2D eigenvalue weighted by Crippen LogP contribution is -2.42. The molecule has 1 atom stereocenters. The molecule has 9 heteroatoms. The first-order chi connectivity index (χ1) is 11.9. The Balaban J connectivity index is 1.60. The van der Waals surface area contributed by atoms with Crippen LogP contribution >= 0.6 is 0 Å². The van der Waals surface area contributed by atoms with Gasteiger partial charge in [0.2, 0.25) is 5.91 Å². The van der Waals surface area contributed by atoms with Crippen molar-refractivity contribution in [1.82, 2.24) is 35.0 Å². The normalized spacial score (nSPS) is 12.3. The van der Waals surface area contributed by atoms with Gasteiger partial charge in [0, 0.05) is 18.8 Å². The quantitative estimate of drug-likeness (QED) is 0.687. The third-order valence-electron chi connectivity index (χ3n) is 3.90. The predicted molar refractivity (Wildman–Crippen MR) is 94.3 cm³/mol. The van der Waals surface area contributed by atoms with Gasteiger partial charge in [-0.3, -0.25) is 9.48 Å². The van der Waals surface area contributed by atoms with Crippen LogP contribution in [0, 0.1) is 13.8 Å². The minimum absolute atomic E-state index is 0.0310. The van der Waals surface area contributed by atoms with Crippen LogP contribution in [0.3, 0.4) is 0 Å². The number of nitrogens with zero attached hydrogens (tertiary/aromatic N) is 6. The van der Waals surface area contributed by atoms with Crippen molar-refractivity contribution in [1.29, 1.82) is 0 Å². The Morgan fingerprint density at radius 2 is 2.16 bits per heavy atom. The van der Waals surface area contributed by atoms with Gasteiger partial charge in [-0.25, -0.2) is 15.0 Å². The van der Waals surface area contributed by atoms with Crippen molar-refractivity contribution >= 4 is 22.9 Å². The Kier molecular flexibility index (Phi) is 4.64. The Morgan fingerprint density at radius 1 is 1.36 bits per heavy atom. The van der Waals surface area contributed by atoms with Crippen molar-refractivity contribution in [2.75, 3.05) is 18.5 Å². The van der Waals surface area contributed by atoms with Gasteiger partial charge in [0.1, 0.15) is 11.8 Å². The van der Waals surface area contributed by atoms with E-state index in [0.717, 1.165) is 11.4 Å². The fourth-order valence-corrected chi connectivity index (χ4v) is 2.82. The summed E-state index contributed by atoms with van der Waals surface area (Å²) in [5.41, 5.74) is 3.35. The largest absolute Gasteiger partial charge is 0.350 e. The van der Waals surface area contributed by atoms with Crippen molar-refractivity contribution in [3.8, 4) is 0 Å². The van der Waals surface area contributed by atoms with E-state index in [2.05, 4.69) is 30.4 Å². The number of aromatic nitrogens is 6. The highest BCUT2D eigenvalue weighted by Crippen LogP contribution is 2.17. The van der Waals surface area contributed by atoms with Crippen molar-refractivity contribution in [3.05, 3.63) is 30.1 Å². The van der Waals surface area contributed by atoms with Gasteiger partial charge < -0.3 is 15.2 Å². The molecule has 0 radical (unpaired) electrons. The molecule has 0 fully saturated rings. The standard InChI is InChI=1S/C16H22N8O/c1-10-5-12(3)24(22-10)6-11(2)21-13(25)7-23(4)16-14-15(18-8-17-14)19-9-20-16/h5,8-9,11H,6-7H2,1-4H3,(H,21,25)(H,17,18,19,20). The Hall–Kier alpha value is -2.97. The van der Waals surface area contributed by atoms with Crippen LogP contribution < -0.4 is 10.2 Å². The topological polar surface area (TPSA) is 105 Å². The van der Waals surface area contributed by atoms with Crippen LogP contribution in [0.15, 0.2) is 18.7 Å². The number of anilines is 1. The zero-order valence-corrected chi connectivity index (χ0v) is 14.8. The maximum Gasteiger partial charge on any atom is 0.239 e. The number of hydrogen-bond acceptors (Lipinski definition) is 6. The second-order valence-electron chi connectivity index (χ2n) is 6.23. The Labute approximate surface area is 145 Å². The fourth-order valence-electron chi connectivity index (χ4n) is 2.82. The minimum Gasteiger partial charge on any atom is -0.350 e. The van der Waals surface area contributed by atoms with Gasteiger partial charge in [0.25, 0.3) is 0 Å². The van der Waals surface area contributed by atoms with Gasteiger partial charge in [-0.2, -0.15) is 5.10 Å². The van der Waals surface area contributed by atoms with E-state index in [-0.39, 0.29) is 18.5 Å². The number of carbonyl (C=O) groups is 1. The van der Waals surface area contributed by atoms with Crippen LogP contribution in [-0.2, 0) is 11.3 Å². The summed E-state index contributed by atoms with van der Waals surface area (Å²) < 4.78 is 1.91. The zero-order valence-electron chi connectivity index (χ0n) is 14.8. The molecule has 3 rings (SSSR count). The van der Waals surface area contributed by atoms with Gasteiger partial charge in [0.05, 0.1) is 25.1 Å². The van der Waals surface area contributed by atoms with Crippen molar-refractivity contribution in [3.63, 3.8) is 0 Å². The minimum atomic E-state index is -0.0807.